The van der Waals surface area contributed by atoms with Crippen molar-refractivity contribution in [1.29, 1.82) is 0 Å². The van der Waals surface area contributed by atoms with Crippen LogP contribution in [0.3, 0.4) is 0 Å². The molecular weight excluding hydrogens is 142 g/mol. The first-order valence-electron chi connectivity index (χ1n) is 4.00. The molecule has 0 amide bonds. The Morgan fingerprint density at radius 2 is 1.91 bits per heavy atom. The molecule has 0 saturated heterocycles. The van der Waals surface area contributed by atoms with Crippen molar-refractivity contribution in [1.82, 2.24) is 0 Å². The molecule has 3 heteroatoms. The zero-order valence-electron chi connectivity index (χ0n) is 7.67. The fourth-order valence-electron chi connectivity index (χ4n) is 0.554. The van der Waals surface area contributed by atoms with E-state index < -0.39 is 0 Å². The van der Waals surface area contributed by atoms with Crippen LogP contribution < -0.4 is 5.73 Å². The van der Waals surface area contributed by atoms with Crippen molar-refractivity contribution in [2.24, 2.45) is 11.7 Å². The number of rotatable bonds is 6. The monoisotopic (exact) mass is 161 g/mol. The van der Waals surface area contributed by atoms with Gasteiger partial charge in [-0.3, -0.25) is 0 Å². The molecule has 0 saturated carbocycles. The quantitative estimate of drug-likeness (QED) is 0.581. The summed E-state index contributed by atoms with van der Waals surface area (Å²) in [5.74, 6) is 0.484. The Morgan fingerprint density at radius 3 is 2.36 bits per heavy atom. The van der Waals surface area contributed by atoms with Crippen molar-refractivity contribution in [3.05, 3.63) is 0 Å². The van der Waals surface area contributed by atoms with Crippen LogP contribution in [-0.2, 0) is 9.47 Å². The van der Waals surface area contributed by atoms with Crippen molar-refractivity contribution >= 4 is 0 Å². The van der Waals surface area contributed by atoms with E-state index in [0.29, 0.717) is 25.7 Å². The van der Waals surface area contributed by atoms with Gasteiger partial charge in [-0.1, -0.05) is 13.8 Å². The van der Waals surface area contributed by atoms with Crippen molar-refractivity contribution in [3.63, 3.8) is 0 Å². The third kappa shape index (κ3) is 6.28. The van der Waals surface area contributed by atoms with Crippen molar-refractivity contribution < 1.29 is 9.47 Å². The van der Waals surface area contributed by atoms with Gasteiger partial charge in [-0.15, -0.1) is 0 Å². The summed E-state index contributed by atoms with van der Waals surface area (Å²) in [4.78, 5) is 0. The van der Waals surface area contributed by atoms with Crippen LogP contribution in [0, 0.1) is 5.92 Å². The molecule has 0 aliphatic carbocycles. The van der Waals surface area contributed by atoms with Gasteiger partial charge in [-0.2, -0.15) is 0 Å². The van der Waals surface area contributed by atoms with Crippen LogP contribution in [0.1, 0.15) is 13.8 Å². The fourth-order valence-corrected chi connectivity index (χ4v) is 0.554. The Balaban J connectivity index is 3.10. The van der Waals surface area contributed by atoms with Crippen LogP contribution in [0.5, 0.6) is 0 Å². The van der Waals surface area contributed by atoms with E-state index in [1.807, 2.05) is 0 Å². The van der Waals surface area contributed by atoms with Crippen molar-refractivity contribution in [2.45, 2.75) is 19.9 Å². The molecule has 0 bridgehead atoms. The van der Waals surface area contributed by atoms with E-state index in [2.05, 4.69) is 13.8 Å². The van der Waals surface area contributed by atoms with Crippen LogP contribution in [-0.4, -0.2) is 33.0 Å². The van der Waals surface area contributed by atoms with Gasteiger partial charge < -0.3 is 15.2 Å². The Hall–Kier alpha value is -0.120. The average molecular weight is 161 g/mol. The predicted molar refractivity (Wildman–Crippen MR) is 45.5 cm³/mol. The van der Waals surface area contributed by atoms with E-state index in [0.717, 1.165) is 0 Å². The van der Waals surface area contributed by atoms with E-state index in [1.54, 1.807) is 7.11 Å². The van der Waals surface area contributed by atoms with Gasteiger partial charge in [0, 0.05) is 13.2 Å². The van der Waals surface area contributed by atoms with Gasteiger partial charge >= 0.3 is 0 Å². The highest BCUT2D eigenvalue weighted by atomic mass is 16.5. The topological polar surface area (TPSA) is 44.5 Å². The summed E-state index contributed by atoms with van der Waals surface area (Å²) < 4.78 is 10.1. The second-order valence-electron chi connectivity index (χ2n) is 2.98. The van der Waals surface area contributed by atoms with Crippen molar-refractivity contribution in [3.8, 4) is 0 Å². The smallest absolute Gasteiger partial charge is 0.0701 e. The summed E-state index contributed by atoms with van der Waals surface area (Å²) in [7, 11) is 1.66. The highest BCUT2D eigenvalue weighted by Gasteiger charge is 2.06. The third-order valence-electron chi connectivity index (χ3n) is 1.60. The Labute approximate surface area is 68.9 Å². The lowest BCUT2D eigenvalue weighted by molar-refractivity contribution is 0.0581. The number of nitrogens with two attached hydrogens (primary N) is 1. The molecule has 0 radical (unpaired) electrons. The average Bonchev–Trinajstić information content (AvgIpc) is 1.97. The normalized spacial score (nSPS) is 13.9. The first-order valence-corrected chi connectivity index (χ1v) is 4.00. The van der Waals surface area contributed by atoms with Crippen LogP contribution in [0.15, 0.2) is 0 Å². The molecule has 3 nitrogen and oxygen atoms in total. The zero-order valence-corrected chi connectivity index (χ0v) is 7.67. The molecule has 0 aromatic rings. The molecule has 2 N–H and O–H groups in total. The van der Waals surface area contributed by atoms with Gasteiger partial charge in [0.1, 0.15) is 0 Å². The van der Waals surface area contributed by atoms with Crippen LogP contribution in [0.4, 0.5) is 0 Å². The van der Waals surface area contributed by atoms with Gasteiger partial charge in [-0.05, 0) is 5.92 Å². The van der Waals surface area contributed by atoms with E-state index in [-0.39, 0.29) is 6.04 Å². The molecule has 0 rings (SSSR count). The summed E-state index contributed by atoms with van der Waals surface area (Å²) in [6.45, 7) is 6.08. The van der Waals surface area contributed by atoms with E-state index in [9.17, 15) is 0 Å². The molecule has 0 heterocycles. The number of hydrogen-bond donors (Lipinski definition) is 1. The highest BCUT2D eigenvalue weighted by Crippen LogP contribution is 1.97. The molecule has 0 aliphatic heterocycles. The lowest BCUT2D eigenvalue weighted by atomic mass is 10.1. The maximum Gasteiger partial charge on any atom is 0.0701 e. The van der Waals surface area contributed by atoms with Gasteiger partial charge in [0.25, 0.3) is 0 Å². The Kier molecular flexibility index (Phi) is 6.51. The van der Waals surface area contributed by atoms with Crippen LogP contribution in [0.2, 0.25) is 0 Å². The SMILES string of the molecule is COCCOCC(N)C(C)C. The molecule has 0 aromatic heterocycles. The Morgan fingerprint density at radius 1 is 1.27 bits per heavy atom. The zero-order chi connectivity index (χ0) is 8.69. The predicted octanol–water partition coefficient (Wildman–Crippen LogP) is 0.633. The van der Waals surface area contributed by atoms with E-state index >= 15 is 0 Å². The molecule has 0 spiro atoms. The number of hydrogen-bond acceptors (Lipinski definition) is 3. The lowest BCUT2D eigenvalue weighted by Gasteiger charge is -2.15. The van der Waals surface area contributed by atoms with Crippen molar-refractivity contribution in [2.75, 3.05) is 26.9 Å². The van der Waals surface area contributed by atoms with Gasteiger partial charge in [-0.25, -0.2) is 0 Å². The molecule has 68 valence electrons. The molecule has 11 heavy (non-hydrogen) atoms. The molecular formula is C8H19NO2. The Bertz CT molecular complexity index is 86.2. The number of ether oxygens (including phenoxy) is 2. The standard InChI is InChI=1S/C8H19NO2/c1-7(2)8(9)6-11-5-4-10-3/h7-8H,4-6,9H2,1-3H3. The number of methoxy groups -OCH3 is 1. The largest absolute Gasteiger partial charge is 0.382 e. The molecule has 1 unspecified atom stereocenters. The molecule has 0 aromatic carbocycles. The summed E-state index contributed by atoms with van der Waals surface area (Å²) in [5, 5.41) is 0. The minimum atomic E-state index is 0.145. The fraction of sp³-hybridized carbons (Fsp3) is 1.00. The summed E-state index contributed by atoms with van der Waals surface area (Å²) in [6.07, 6.45) is 0. The highest BCUT2D eigenvalue weighted by molar-refractivity contribution is 4.63. The first-order chi connectivity index (χ1) is 5.18. The minimum Gasteiger partial charge on any atom is -0.382 e. The van der Waals surface area contributed by atoms with Gasteiger partial charge in [0.15, 0.2) is 0 Å². The van der Waals surface area contributed by atoms with E-state index in [4.69, 9.17) is 15.2 Å². The second-order valence-corrected chi connectivity index (χ2v) is 2.98. The third-order valence-corrected chi connectivity index (χ3v) is 1.60. The molecule has 0 aliphatic rings. The molecule has 1 atom stereocenters. The van der Waals surface area contributed by atoms with Crippen LogP contribution in [0.25, 0.3) is 0 Å². The second kappa shape index (κ2) is 6.58. The maximum atomic E-state index is 5.73. The summed E-state index contributed by atoms with van der Waals surface area (Å²) >= 11 is 0. The minimum absolute atomic E-state index is 0.145. The van der Waals surface area contributed by atoms with E-state index in [1.165, 1.54) is 0 Å². The van der Waals surface area contributed by atoms with Gasteiger partial charge in [0.2, 0.25) is 0 Å². The van der Waals surface area contributed by atoms with Crippen LogP contribution >= 0.6 is 0 Å². The first kappa shape index (κ1) is 10.9. The molecule has 0 fully saturated rings. The summed E-state index contributed by atoms with van der Waals surface area (Å²) in [6, 6.07) is 0.145. The lowest BCUT2D eigenvalue weighted by Crippen LogP contribution is -2.32. The summed E-state index contributed by atoms with van der Waals surface area (Å²) in [5.41, 5.74) is 5.73. The maximum absolute atomic E-state index is 5.73. The van der Waals surface area contributed by atoms with Gasteiger partial charge in [0.05, 0.1) is 19.8 Å².